The van der Waals surface area contributed by atoms with Crippen molar-refractivity contribution in [2.24, 2.45) is 0 Å². The number of carboxylic acids is 1. The van der Waals surface area contributed by atoms with Crippen molar-refractivity contribution in [3.05, 3.63) is 41.2 Å². The van der Waals surface area contributed by atoms with E-state index in [9.17, 15) is 22.0 Å². The van der Waals surface area contributed by atoms with Crippen LogP contribution >= 0.6 is 0 Å². The molecular formula is C24H30F5N5O3. The molecule has 2 aromatic rings. The number of hydrogen-bond acceptors (Lipinski definition) is 7. The molecule has 0 spiro atoms. The molecule has 0 amide bonds. The first-order valence-electron chi connectivity index (χ1n) is 11.8. The van der Waals surface area contributed by atoms with Crippen molar-refractivity contribution in [3.8, 4) is 5.75 Å². The van der Waals surface area contributed by atoms with Gasteiger partial charge in [-0.2, -0.15) is 13.2 Å². The Balaban J connectivity index is 0.000000479. The van der Waals surface area contributed by atoms with Crippen LogP contribution < -0.4 is 15.0 Å². The number of likely N-dealkylation sites (N-methyl/N-ethyl adjacent to an activating group) is 1. The van der Waals surface area contributed by atoms with Crippen molar-refractivity contribution < 1.29 is 36.6 Å². The highest BCUT2D eigenvalue weighted by Gasteiger charge is 2.38. The van der Waals surface area contributed by atoms with Crippen LogP contribution in [-0.4, -0.2) is 70.9 Å². The zero-order chi connectivity index (χ0) is 27.3. The number of hydrogen-bond donors (Lipinski definition) is 2. The van der Waals surface area contributed by atoms with Crippen molar-refractivity contribution in [3.63, 3.8) is 0 Å². The summed E-state index contributed by atoms with van der Waals surface area (Å²) >= 11 is 0. The third-order valence-electron chi connectivity index (χ3n) is 5.78. The zero-order valence-electron chi connectivity index (χ0n) is 20.8. The quantitative estimate of drug-likeness (QED) is 0.554. The van der Waals surface area contributed by atoms with Crippen LogP contribution in [-0.2, 0) is 17.8 Å². The van der Waals surface area contributed by atoms with Gasteiger partial charge in [-0.3, -0.25) is 0 Å². The number of aliphatic carboxylic acids is 1. The molecule has 0 saturated carbocycles. The smallest absolute Gasteiger partial charge is 0.487 e. The Hall–Kier alpha value is -3.22. The van der Waals surface area contributed by atoms with E-state index in [0.717, 1.165) is 74.5 Å². The monoisotopic (exact) mass is 531 g/mol. The van der Waals surface area contributed by atoms with E-state index in [1.54, 1.807) is 0 Å². The van der Waals surface area contributed by atoms with E-state index >= 15 is 0 Å². The van der Waals surface area contributed by atoms with Gasteiger partial charge < -0.3 is 25.0 Å². The van der Waals surface area contributed by atoms with E-state index in [-0.39, 0.29) is 17.9 Å². The van der Waals surface area contributed by atoms with E-state index in [4.69, 9.17) is 24.6 Å². The lowest BCUT2D eigenvalue weighted by atomic mass is 10.1. The van der Waals surface area contributed by atoms with Gasteiger partial charge in [-0.15, -0.1) is 0 Å². The Morgan fingerprint density at radius 3 is 2.35 bits per heavy atom. The van der Waals surface area contributed by atoms with Gasteiger partial charge in [0, 0.05) is 57.5 Å². The van der Waals surface area contributed by atoms with Crippen LogP contribution in [0.2, 0.25) is 0 Å². The van der Waals surface area contributed by atoms with Gasteiger partial charge >= 0.3 is 12.1 Å². The molecule has 8 nitrogen and oxygen atoms in total. The highest BCUT2D eigenvalue weighted by molar-refractivity contribution is 5.73. The van der Waals surface area contributed by atoms with Gasteiger partial charge in [0.1, 0.15) is 11.9 Å². The lowest BCUT2D eigenvalue weighted by Gasteiger charge is -2.35. The molecule has 0 radical (unpaired) electrons. The van der Waals surface area contributed by atoms with Gasteiger partial charge in [-0.05, 0) is 33.0 Å². The van der Waals surface area contributed by atoms with E-state index in [1.165, 1.54) is 12.1 Å². The number of nitrogens with zero attached hydrogens (tertiary/aromatic N) is 4. The molecule has 204 valence electrons. The lowest BCUT2D eigenvalue weighted by molar-refractivity contribution is -0.192. The number of carboxylic acid groups (broad SMARTS) is 1. The van der Waals surface area contributed by atoms with Crippen molar-refractivity contribution in [1.82, 2.24) is 14.9 Å². The summed E-state index contributed by atoms with van der Waals surface area (Å²) in [7, 11) is 2.10. The maximum atomic E-state index is 13.9. The second kappa shape index (κ2) is 11.9. The third-order valence-corrected chi connectivity index (χ3v) is 5.78. The maximum Gasteiger partial charge on any atom is 0.490 e. The number of alkyl halides is 3. The fourth-order valence-corrected chi connectivity index (χ4v) is 3.98. The highest BCUT2D eigenvalue weighted by atomic mass is 19.4. The van der Waals surface area contributed by atoms with Crippen molar-refractivity contribution in [2.75, 3.05) is 36.9 Å². The van der Waals surface area contributed by atoms with E-state index in [0.29, 0.717) is 0 Å². The summed E-state index contributed by atoms with van der Waals surface area (Å²) in [5.41, 5.74) is 2.12. The highest BCUT2D eigenvalue weighted by Crippen LogP contribution is 2.30. The average molecular weight is 532 g/mol. The first-order chi connectivity index (χ1) is 17.3. The van der Waals surface area contributed by atoms with E-state index < -0.39 is 23.8 Å². The van der Waals surface area contributed by atoms with Gasteiger partial charge in [-0.25, -0.2) is 23.5 Å². The van der Waals surface area contributed by atoms with Crippen LogP contribution in [0.5, 0.6) is 5.75 Å². The number of rotatable bonds is 5. The van der Waals surface area contributed by atoms with Crippen LogP contribution in [0.3, 0.4) is 0 Å². The zero-order valence-corrected chi connectivity index (χ0v) is 20.8. The number of piperidine rings is 1. The molecule has 13 heteroatoms. The SMILES string of the molecule is CC(C)Nc1nc2c(nc1N1CCC(Oc3ccc(F)cc3F)CC1)CN(C)CC2.O=C(O)C(F)(F)F. The molecule has 0 atom stereocenters. The minimum absolute atomic E-state index is 0.105. The summed E-state index contributed by atoms with van der Waals surface area (Å²) in [5.74, 6) is -2.20. The third kappa shape index (κ3) is 7.88. The number of anilines is 2. The molecule has 1 aromatic carbocycles. The summed E-state index contributed by atoms with van der Waals surface area (Å²) in [6.07, 6.45) is -2.82. The first-order valence-corrected chi connectivity index (χ1v) is 11.8. The largest absolute Gasteiger partial charge is 0.490 e. The Morgan fingerprint density at radius 1 is 1.14 bits per heavy atom. The van der Waals surface area contributed by atoms with Crippen LogP contribution in [0.1, 0.15) is 38.1 Å². The summed E-state index contributed by atoms with van der Waals surface area (Å²) in [6.45, 7) is 7.46. The second-order valence-corrected chi connectivity index (χ2v) is 9.26. The summed E-state index contributed by atoms with van der Waals surface area (Å²) in [6, 6.07) is 3.68. The molecule has 2 aliphatic heterocycles. The molecular weight excluding hydrogens is 501 g/mol. The molecule has 1 aromatic heterocycles. The molecule has 37 heavy (non-hydrogen) atoms. The van der Waals surface area contributed by atoms with Gasteiger partial charge in [0.15, 0.2) is 23.2 Å². The van der Waals surface area contributed by atoms with Crippen molar-refractivity contribution in [2.45, 2.75) is 58.0 Å². The van der Waals surface area contributed by atoms with Gasteiger partial charge in [0.05, 0.1) is 11.4 Å². The van der Waals surface area contributed by atoms with Crippen LogP contribution in [0.4, 0.5) is 33.6 Å². The number of ether oxygens (including phenoxy) is 1. The fourth-order valence-electron chi connectivity index (χ4n) is 3.98. The lowest BCUT2D eigenvalue weighted by Crippen LogP contribution is -2.40. The van der Waals surface area contributed by atoms with E-state index in [1.807, 2.05) is 0 Å². The summed E-state index contributed by atoms with van der Waals surface area (Å²) < 4.78 is 64.6. The average Bonchev–Trinajstić information content (AvgIpc) is 2.80. The predicted octanol–water partition coefficient (Wildman–Crippen LogP) is 4.24. The van der Waals surface area contributed by atoms with Crippen LogP contribution in [0, 0.1) is 11.6 Å². The van der Waals surface area contributed by atoms with Crippen LogP contribution in [0.25, 0.3) is 0 Å². The molecule has 4 rings (SSSR count). The predicted molar refractivity (Wildman–Crippen MR) is 127 cm³/mol. The van der Waals surface area contributed by atoms with Crippen molar-refractivity contribution >= 4 is 17.6 Å². The van der Waals surface area contributed by atoms with E-state index in [2.05, 4.69) is 36.0 Å². The molecule has 3 heterocycles. The standard InChI is InChI=1S/C22H29F2N5O.C2HF3O2/c1-14(2)25-21-22(27-19-13-28(3)9-8-18(19)26-21)29-10-6-16(7-11-29)30-20-5-4-15(23)12-17(20)24;3-2(4,5)1(6)7/h4-5,12,14,16H,6-11,13H2,1-3H3,(H,25,26);(H,6,7). The number of aromatic nitrogens is 2. The number of nitrogens with one attached hydrogen (secondary N) is 1. The first kappa shape index (κ1) is 28.4. The Labute approximate surface area is 211 Å². The topological polar surface area (TPSA) is 90.8 Å². The molecule has 1 fully saturated rings. The Bertz CT molecular complexity index is 1090. The van der Waals surface area contributed by atoms with Gasteiger partial charge in [0.2, 0.25) is 0 Å². The number of benzene rings is 1. The Kier molecular flexibility index (Phi) is 9.11. The number of fused-ring (bicyclic) bond motifs is 1. The number of carbonyl (C=O) groups is 1. The van der Waals surface area contributed by atoms with Gasteiger partial charge in [-0.1, -0.05) is 0 Å². The summed E-state index contributed by atoms with van der Waals surface area (Å²) in [5, 5.41) is 10.6. The number of halogens is 5. The minimum Gasteiger partial charge on any atom is -0.487 e. The molecule has 0 aliphatic carbocycles. The molecule has 2 aliphatic rings. The molecule has 0 unspecified atom stereocenters. The minimum atomic E-state index is -5.08. The van der Waals surface area contributed by atoms with Crippen LogP contribution in [0.15, 0.2) is 18.2 Å². The normalized spacial score (nSPS) is 16.6. The van der Waals surface area contributed by atoms with Crippen molar-refractivity contribution in [1.29, 1.82) is 0 Å². The fraction of sp³-hybridized carbons (Fsp3) is 0.542. The van der Waals surface area contributed by atoms with Gasteiger partial charge in [0.25, 0.3) is 0 Å². The molecule has 0 bridgehead atoms. The summed E-state index contributed by atoms with van der Waals surface area (Å²) in [4.78, 5) is 23.3. The molecule has 1 saturated heterocycles. The maximum absolute atomic E-state index is 13.9. The Morgan fingerprint density at radius 2 is 1.78 bits per heavy atom. The second-order valence-electron chi connectivity index (χ2n) is 9.26. The molecule has 2 N–H and O–H groups in total.